The molecule has 0 saturated carbocycles. The van der Waals surface area contributed by atoms with Gasteiger partial charge in [-0.1, -0.05) is 0 Å². The fourth-order valence-corrected chi connectivity index (χ4v) is 1.98. The van der Waals surface area contributed by atoms with Gasteiger partial charge in [0.25, 0.3) is 0 Å². The van der Waals surface area contributed by atoms with Gasteiger partial charge in [0.2, 0.25) is 0 Å². The highest BCUT2D eigenvalue weighted by atomic mass is 16.3. The summed E-state index contributed by atoms with van der Waals surface area (Å²) in [5.41, 5.74) is 3.32. The minimum absolute atomic E-state index is 0.955. The van der Waals surface area contributed by atoms with Gasteiger partial charge < -0.3 is 9.40 Å². The first-order valence-electron chi connectivity index (χ1n) is 4.72. The van der Waals surface area contributed by atoms with E-state index in [1.807, 2.05) is 13.0 Å². The molecule has 3 rings (SSSR count). The van der Waals surface area contributed by atoms with Crippen molar-refractivity contribution in [3.8, 4) is 0 Å². The first kappa shape index (κ1) is 7.68. The molecule has 2 aromatic heterocycles. The van der Waals surface area contributed by atoms with E-state index in [0.29, 0.717) is 0 Å². The van der Waals surface area contributed by atoms with Crippen LogP contribution in [0.4, 0.5) is 0 Å². The second-order valence-corrected chi connectivity index (χ2v) is 3.75. The van der Waals surface area contributed by atoms with E-state index in [0.717, 1.165) is 11.3 Å². The third-order valence-electron chi connectivity index (χ3n) is 2.55. The summed E-state index contributed by atoms with van der Waals surface area (Å²) < 4.78 is 5.57. The first-order valence-corrected chi connectivity index (χ1v) is 4.72. The Morgan fingerprint density at radius 1 is 1.14 bits per heavy atom. The molecule has 3 aromatic rings. The average Bonchev–Trinajstić information content (AvgIpc) is 2.65. The van der Waals surface area contributed by atoms with Crippen LogP contribution in [0.5, 0.6) is 0 Å². The van der Waals surface area contributed by atoms with Crippen molar-refractivity contribution in [3.05, 3.63) is 35.7 Å². The van der Waals surface area contributed by atoms with E-state index in [-0.39, 0.29) is 0 Å². The summed E-state index contributed by atoms with van der Waals surface area (Å²) in [6, 6.07) is 8.34. The van der Waals surface area contributed by atoms with Gasteiger partial charge in [-0.3, -0.25) is 0 Å². The molecule has 0 bridgehead atoms. The number of hydrogen-bond donors (Lipinski definition) is 1. The number of aryl methyl sites for hydroxylation is 2. The summed E-state index contributed by atoms with van der Waals surface area (Å²) in [5.74, 6) is 0.958. The van der Waals surface area contributed by atoms with E-state index in [9.17, 15) is 0 Å². The molecule has 0 spiro atoms. The molecule has 0 saturated heterocycles. The average molecular weight is 185 g/mol. The SMILES string of the molecule is Cc1cc2ccc3oc(C)cc3c2[nH]1. The molecule has 1 N–H and O–H groups in total. The Hall–Kier alpha value is -1.70. The summed E-state index contributed by atoms with van der Waals surface area (Å²) >= 11 is 0. The molecule has 2 nitrogen and oxygen atoms in total. The van der Waals surface area contributed by atoms with E-state index in [4.69, 9.17) is 4.42 Å². The van der Waals surface area contributed by atoms with Crippen LogP contribution in [0.2, 0.25) is 0 Å². The number of furan rings is 1. The Bertz CT molecular complexity index is 560. The highest BCUT2D eigenvalue weighted by Crippen LogP contribution is 2.27. The number of aromatic amines is 1. The fourth-order valence-electron chi connectivity index (χ4n) is 1.98. The molecule has 70 valence electrons. The predicted molar refractivity (Wildman–Crippen MR) is 57.5 cm³/mol. The molecule has 14 heavy (non-hydrogen) atoms. The highest BCUT2D eigenvalue weighted by Gasteiger charge is 2.06. The van der Waals surface area contributed by atoms with Crippen molar-refractivity contribution in [3.63, 3.8) is 0 Å². The molecule has 0 fully saturated rings. The Morgan fingerprint density at radius 2 is 2.00 bits per heavy atom. The van der Waals surface area contributed by atoms with Gasteiger partial charge in [-0.25, -0.2) is 0 Å². The predicted octanol–water partition coefficient (Wildman–Crippen LogP) is 3.53. The molecule has 0 aliphatic rings. The van der Waals surface area contributed by atoms with E-state index >= 15 is 0 Å². The molecule has 0 aliphatic carbocycles. The van der Waals surface area contributed by atoms with Gasteiger partial charge in [0.05, 0.1) is 5.52 Å². The van der Waals surface area contributed by atoms with Crippen LogP contribution < -0.4 is 0 Å². The number of H-pyrrole nitrogens is 1. The minimum Gasteiger partial charge on any atom is -0.461 e. The molecule has 0 unspecified atom stereocenters. The van der Waals surface area contributed by atoms with Crippen LogP contribution in [0.3, 0.4) is 0 Å². The lowest BCUT2D eigenvalue weighted by Crippen LogP contribution is -1.69. The zero-order chi connectivity index (χ0) is 9.71. The maximum absolute atomic E-state index is 5.57. The Balaban J connectivity index is 2.58. The number of fused-ring (bicyclic) bond motifs is 3. The smallest absolute Gasteiger partial charge is 0.136 e. The summed E-state index contributed by atoms with van der Waals surface area (Å²) in [6.45, 7) is 4.04. The third kappa shape index (κ3) is 0.909. The molecule has 2 heterocycles. The molecule has 2 heteroatoms. The van der Waals surface area contributed by atoms with Crippen molar-refractivity contribution in [1.82, 2.24) is 4.98 Å². The van der Waals surface area contributed by atoms with Crippen LogP contribution >= 0.6 is 0 Å². The lowest BCUT2D eigenvalue weighted by atomic mass is 10.2. The first-order chi connectivity index (χ1) is 6.74. The van der Waals surface area contributed by atoms with Gasteiger partial charge >= 0.3 is 0 Å². The van der Waals surface area contributed by atoms with Crippen LogP contribution in [0, 0.1) is 13.8 Å². The molecule has 0 amide bonds. The maximum atomic E-state index is 5.57. The Morgan fingerprint density at radius 3 is 2.86 bits per heavy atom. The lowest BCUT2D eigenvalue weighted by molar-refractivity contribution is 0.579. The molecule has 0 atom stereocenters. The summed E-state index contributed by atoms with van der Waals surface area (Å²) in [5, 5.41) is 2.42. The van der Waals surface area contributed by atoms with Crippen LogP contribution in [0.25, 0.3) is 21.9 Å². The quantitative estimate of drug-likeness (QED) is 0.570. The fraction of sp³-hybridized carbons (Fsp3) is 0.167. The Kier molecular flexibility index (Phi) is 1.32. The topological polar surface area (TPSA) is 28.9 Å². The van der Waals surface area contributed by atoms with Gasteiger partial charge in [-0.15, -0.1) is 0 Å². The van der Waals surface area contributed by atoms with E-state index in [1.165, 1.54) is 22.0 Å². The van der Waals surface area contributed by atoms with Crippen molar-refractivity contribution in [2.75, 3.05) is 0 Å². The normalized spacial score (nSPS) is 11.6. The monoisotopic (exact) mass is 185 g/mol. The van der Waals surface area contributed by atoms with Crippen molar-refractivity contribution < 1.29 is 4.42 Å². The number of hydrogen-bond acceptors (Lipinski definition) is 1. The maximum Gasteiger partial charge on any atom is 0.136 e. The zero-order valence-electron chi connectivity index (χ0n) is 8.22. The van der Waals surface area contributed by atoms with Gasteiger partial charge in [0, 0.05) is 16.5 Å². The van der Waals surface area contributed by atoms with Crippen LogP contribution in [-0.2, 0) is 0 Å². The molecule has 0 aliphatic heterocycles. The lowest BCUT2D eigenvalue weighted by Gasteiger charge is -1.90. The second-order valence-electron chi connectivity index (χ2n) is 3.75. The number of nitrogens with one attached hydrogen (secondary N) is 1. The van der Waals surface area contributed by atoms with Gasteiger partial charge in [-0.2, -0.15) is 0 Å². The van der Waals surface area contributed by atoms with E-state index in [1.54, 1.807) is 0 Å². The minimum atomic E-state index is 0.955. The standard InChI is InChI=1S/C12H11NO/c1-7-5-9-3-4-11-10(12(9)13-7)6-8(2)14-11/h3-6,13H,1-2H3. The van der Waals surface area contributed by atoms with Gasteiger partial charge in [-0.05, 0) is 38.1 Å². The van der Waals surface area contributed by atoms with E-state index < -0.39 is 0 Å². The van der Waals surface area contributed by atoms with Gasteiger partial charge in [0.15, 0.2) is 0 Å². The molecular weight excluding hydrogens is 174 g/mol. The molecular formula is C12H11NO. The zero-order valence-corrected chi connectivity index (χ0v) is 8.22. The van der Waals surface area contributed by atoms with Gasteiger partial charge in [0.1, 0.15) is 11.3 Å². The second kappa shape index (κ2) is 2.41. The van der Waals surface area contributed by atoms with Crippen molar-refractivity contribution in [2.24, 2.45) is 0 Å². The summed E-state index contributed by atoms with van der Waals surface area (Å²) in [7, 11) is 0. The van der Waals surface area contributed by atoms with E-state index in [2.05, 4.69) is 30.1 Å². The largest absolute Gasteiger partial charge is 0.461 e. The van der Waals surface area contributed by atoms with Crippen molar-refractivity contribution in [1.29, 1.82) is 0 Å². The highest BCUT2D eigenvalue weighted by molar-refractivity contribution is 6.04. The third-order valence-corrected chi connectivity index (χ3v) is 2.55. The van der Waals surface area contributed by atoms with Crippen LogP contribution in [-0.4, -0.2) is 4.98 Å². The number of benzene rings is 1. The number of aromatic nitrogens is 1. The van der Waals surface area contributed by atoms with Crippen molar-refractivity contribution >= 4 is 21.9 Å². The molecule has 0 radical (unpaired) electrons. The van der Waals surface area contributed by atoms with Crippen LogP contribution in [0.15, 0.2) is 28.7 Å². The summed E-state index contributed by atoms with van der Waals surface area (Å²) in [4.78, 5) is 3.35. The number of rotatable bonds is 0. The van der Waals surface area contributed by atoms with Crippen molar-refractivity contribution in [2.45, 2.75) is 13.8 Å². The van der Waals surface area contributed by atoms with Crippen LogP contribution in [0.1, 0.15) is 11.5 Å². The molecule has 1 aromatic carbocycles. The Labute approximate surface area is 81.5 Å². The summed E-state index contributed by atoms with van der Waals surface area (Å²) in [6.07, 6.45) is 0.